The predicted molar refractivity (Wildman–Crippen MR) is 90.4 cm³/mol. The average Bonchev–Trinajstić information content (AvgIpc) is 2.37. The van der Waals surface area contributed by atoms with Gasteiger partial charge >= 0.3 is 0 Å². The lowest BCUT2D eigenvalue weighted by Crippen LogP contribution is -2.15. The third kappa shape index (κ3) is 5.10. The molecule has 0 bridgehead atoms. The summed E-state index contributed by atoms with van der Waals surface area (Å²) in [6.45, 7) is 0. The lowest BCUT2D eigenvalue weighted by atomic mass is 10.2. The monoisotopic (exact) mass is 416 g/mol. The summed E-state index contributed by atoms with van der Waals surface area (Å²) in [6.07, 6.45) is 0. The molecule has 0 aliphatic carbocycles. The molecule has 0 saturated carbocycles. The highest BCUT2D eigenvalue weighted by molar-refractivity contribution is 14.1. The Balaban J connectivity index is 2.16. The van der Waals surface area contributed by atoms with E-state index in [0.717, 1.165) is 3.57 Å². The highest BCUT2D eigenvalue weighted by Gasteiger charge is 2.09. The zero-order chi connectivity index (χ0) is 15.5. The summed E-state index contributed by atoms with van der Waals surface area (Å²) in [4.78, 5) is 12.1. The zero-order valence-electron chi connectivity index (χ0n) is 10.9. The van der Waals surface area contributed by atoms with Crippen molar-refractivity contribution in [3.63, 3.8) is 0 Å². The van der Waals surface area contributed by atoms with E-state index in [2.05, 4.69) is 27.9 Å². The lowest BCUT2D eigenvalue weighted by Gasteiger charge is -2.07. The van der Waals surface area contributed by atoms with Crippen LogP contribution in [0.1, 0.15) is 15.9 Å². The average molecular weight is 416 g/mol. The van der Waals surface area contributed by atoms with Crippen molar-refractivity contribution in [2.45, 2.75) is 5.75 Å². The summed E-state index contributed by atoms with van der Waals surface area (Å²) in [7, 11) is -3.59. The molecule has 0 unspecified atom stereocenters. The van der Waals surface area contributed by atoms with Crippen LogP contribution in [0.4, 0.5) is 5.69 Å². The Hall–Kier alpha value is -1.45. The molecular weight excluding hydrogens is 403 g/mol. The third-order valence-electron chi connectivity index (χ3n) is 2.64. The van der Waals surface area contributed by atoms with Crippen LogP contribution >= 0.6 is 22.6 Å². The number of amides is 1. The SMILES string of the molecule is NS(=O)(=O)Cc1cccc(NC(=O)c2cccc(I)c2)c1. The molecule has 110 valence electrons. The molecule has 1 amide bonds. The summed E-state index contributed by atoms with van der Waals surface area (Å²) >= 11 is 2.13. The van der Waals surface area contributed by atoms with Crippen molar-refractivity contribution in [2.24, 2.45) is 5.14 Å². The molecule has 2 rings (SSSR count). The van der Waals surface area contributed by atoms with Crippen molar-refractivity contribution in [2.75, 3.05) is 5.32 Å². The van der Waals surface area contributed by atoms with E-state index in [4.69, 9.17) is 5.14 Å². The Morgan fingerprint density at radius 1 is 1.14 bits per heavy atom. The Morgan fingerprint density at radius 3 is 2.52 bits per heavy atom. The Kier molecular flexibility index (Phi) is 4.96. The first-order chi connectivity index (χ1) is 9.83. The molecular formula is C14H13IN2O3S. The molecule has 2 aromatic rings. The first-order valence-electron chi connectivity index (χ1n) is 6.00. The van der Waals surface area contributed by atoms with Gasteiger partial charge in [-0.05, 0) is 58.5 Å². The van der Waals surface area contributed by atoms with E-state index in [9.17, 15) is 13.2 Å². The van der Waals surface area contributed by atoms with Gasteiger partial charge in [0.05, 0.1) is 5.75 Å². The maximum atomic E-state index is 12.1. The summed E-state index contributed by atoms with van der Waals surface area (Å²) in [5.74, 6) is -0.513. The molecule has 0 heterocycles. The van der Waals surface area contributed by atoms with Gasteiger partial charge in [0, 0.05) is 14.8 Å². The number of nitrogens with two attached hydrogens (primary N) is 1. The normalized spacial score (nSPS) is 11.1. The lowest BCUT2D eigenvalue weighted by molar-refractivity contribution is 0.102. The van der Waals surface area contributed by atoms with E-state index in [1.807, 2.05) is 6.07 Å². The minimum absolute atomic E-state index is 0.249. The molecule has 0 aliphatic heterocycles. The van der Waals surface area contributed by atoms with Crippen LogP contribution in [0.15, 0.2) is 48.5 Å². The molecule has 2 aromatic carbocycles. The van der Waals surface area contributed by atoms with Crippen molar-refractivity contribution >= 4 is 44.2 Å². The first kappa shape index (κ1) is 15.9. The van der Waals surface area contributed by atoms with Gasteiger partial charge in [-0.2, -0.15) is 0 Å². The number of sulfonamides is 1. The van der Waals surface area contributed by atoms with Crippen molar-refractivity contribution in [3.05, 3.63) is 63.2 Å². The fourth-order valence-corrected chi connectivity index (χ4v) is 2.99. The summed E-state index contributed by atoms with van der Waals surface area (Å²) in [5.41, 5.74) is 1.59. The summed E-state index contributed by atoms with van der Waals surface area (Å²) < 4.78 is 23.1. The van der Waals surface area contributed by atoms with Gasteiger partial charge in [0.25, 0.3) is 5.91 Å². The second-order valence-electron chi connectivity index (χ2n) is 4.47. The molecule has 3 N–H and O–H groups in total. The van der Waals surface area contributed by atoms with Gasteiger partial charge in [0.15, 0.2) is 0 Å². The van der Waals surface area contributed by atoms with Crippen LogP contribution in [0.2, 0.25) is 0 Å². The van der Waals surface area contributed by atoms with Crippen LogP contribution in [0.3, 0.4) is 0 Å². The number of hydrogen-bond acceptors (Lipinski definition) is 3. The molecule has 0 atom stereocenters. The van der Waals surface area contributed by atoms with Gasteiger partial charge in [-0.15, -0.1) is 0 Å². The quantitative estimate of drug-likeness (QED) is 0.750. The summed E-state index contributed by atoms with van der Waals surface area (Å²) in [5, 5.41) is 7.74. The largest absolute Gasteiger partial charge is 0.322 e. The van der Waals surface area contributed by atoms with Gasteiger partial charge in [-0.25, -0.2) is 13.6 Å². The van der Waals surface area contributed by atoms with Crippen molar-refractivity contribution in [3.8, 4) is 0 Å². The summed E-state index contributed by atoms with van der Waals surface area (Å²) in [6, 6.07) is 13.8. The maximum Gasteiger partial charge on any atom is 0.255 e. The van der Waals surface area contributed by atoms with E-state index in [-0.39, 0.29) is 11.7 Å². The second kappa shape index (κ2) is 6.54. The third-order valence-corrected chi connectivity index (χ3v) is 4.05. The molecule has 0 fully saturated rings. The predicted octanol–water partition coefficient (Wildman–Crippen LogP) is 2.33. The number of carbonyl (C=O) groups excluding carboxylic acids is 1. The van der Waals surface area contributed by atoms with Gasteiger partial charge in [-0.1, -0.05) is 18.2 Å². The van der Waals surface area contributed by atoms with Crippen LogP contribution in [0.25, 0.3) is 0 Å². The molecule has 0 spiro atoms. The van der Waals surface area contributed by atoms with Crippen LogP contribution in [-0.4, -0.2) is 14.3 Å². The molecule has 7 heteroatoms. The molecule has 21 heavy (non-hydrogen) atoms. The smallest absolute Gasteiger partial charge is 0.255 e. The Bertz CT molecular complexity index is 775. The van der Waals surface area contributed by atoms with Crippen LogP contribution < -0.4 is 10.5 Å². The number of carbonyl (C=O) groups is 1. The molecule has 5 nitrogen and oxygen atoms in total. The number of hydrogen-bond donors (Lipinski definition) is 2. The van der Waals surface area contributed by atoms with Gasteiger partial charge in [0.2, 0.25) is 10.0 Å². The molecule has 0 radical (unpaired) electrons. The van der Waals surface area contributed by atoms with Crippen molar-refractivity contribution in [1.29, 1.82) is 0 Å². The Morgan fingerprint density at radius 2 is 1.86 bits per heavy atom. The highest BCUT2D eigenvalue weighted by atomic mass is 127. The van der Waals surface area contributed by atoms with E-state index >= 15 is 0 Å². The number of primary sulfonamides is 1. The Labute approximate surface area is 136 Å². The number of benzene rings is 2. The van der Waals surface area contributed by atoms with E-state index in [1.54, 1.807) is 42.5 Å². The topological polar surface area (TPSA) is 89.3 Å². The fourth-order valence-electron chi connectivity index (χ4n) is 1.80. The van der Waals surface area contributed by atoms with E-state index in [0.29, 0.717) is 16.8 Å². The fraction of sp³-hybridized carbons (Fsp3) is 0.0714. The minimum atomic E-state index is -3.59. The number of rotatable bonds is 4. The van der Waals surface area contributed by atoms with Gasteiger partial charge in [-0.3, -0.25) is 4.79 Å². The van der Waals surface area contributed by atoms with Gasteiger partial charge in [0.1, 0.15) is 0 Å². The van der Waals surface area contributed by atoms with E-state index in [1.165, 1.54) is 0 Å². The molecule has 0 saturated heterocycles. The van der Waals surface area contributed by atoms with Crippen molar-refractivity contribution < 1.29 is 13.2 Å². The van der Waals surface area contributed by atoms with Gasteiger partial charge < -0.3 is 5.32 Å². The zero-order valence-corrected chi connectivity index (χ0v) is 13.9. The minimum Gasteiger partial charge on any atom is -0.322 e. The number of anilines is 1. The standard InChI is InChI=1S/C14H13IN2O3S/c15-12-5-2-4-11(8-12)14(18)17-13-6-1-3-10(7-13)9-21(16,19)20/h1-8H,9H2,(H,17,18)(H2,16,19,20). The number of nitrogens with one attached hydrogen (secondary N) is 1. The number of halogens is 1. The second-order valence-corrected chi connectivity index (χ2v) is 7.33. The van der Waals surface area contributed by atoms with Crippen molar-refractivity contribution in [1.82, 2.24) is 0 Å². The van der Waals surface area contributed by atoms with Crippen LogP contribution in [-0.2, 0) is 15.8 Å². The van der Waals surface area contributed by atoms with Crippen LogP contribution in [0, 0.1) is 3.57 Å². The molecule has 0 aromatic heterocycles. The van der Waals surface area contributed by atoms with E-state index < -0.39 is 10.0 Å². The maximum absolute atomic E-state index is 12.1. The molecule has 0 aliphatic rings. The van der Waals surface area contributed by atoms with Crippen LogP contribution in [0.5, 0.6) is 0 Å². The highest BCUT2D eigenvalue weighted by Crippen LogP contribution is 2.15. The first-order valence-corrected chi connectivity index (χ1v) is 8.79.